The Morgan fingerprint density at radius 2 is 1.92 bits per heavy atom. The van der Waals surface area contributed by atoms with E-state index in [9.17, 15) is 23.4 Å². The van der Waals surface area contributed by atoms with Gasteiger partial charge in [0.25, 0.3) is 0 Å². The fourth-order valence-corrected chi connectivity index (χ4v) is 6.54. The smallest absolute Gasteiger partial charge is 0.417 e. The number of aliphatic hydroxyl groups excluding tert-OH is 2. The molecule has 1 aliphatic heterocycles. The van der Waals surface area contributed by atoms with Gasteiger partial charge in [-0.25, -0.2) is 0 Å². The second kappa shape index (κ2) is 13.1. The molecule has 1 aromatic heterocycles. The molecule has 0 bridgehead atoms. The van der Waals surface area contributed by atoms with Crippen LogP contribution in [0.2, 0.25) is 5.02 Å². The number of nitrogens with zero attached hydrogens (tertiary/aromatic N) is 2. The summed E-state index contributed by atoms with van der Waals surface area (Å²) in [5.41, 5.74) is 0.475. The van der Waals surface area contributed by atoms with Crippen molar-refractivity contribution in [2.45, 2.75) is 49.3 Å². The van der Waals surface area contributed by atoms with Gasteiger partial charge in [-0.3, -0.25) is 4.98 Å². The van der Waals surface area contributed by atoms with Crippen LogP contribution in [0.15, 0.2) is 53.6 Å². The number of methoxy groups -OCH3 is 1. The van der Waals surface area contributed by atoms with Gasteiger partial charge >= 0.3 is 6.18 Å². The fourth-order valence-electron chi connectivity index (χ4n) is 5.26. The van der Waals surface area contributed by atoms with Gasteiger partial charge in [0.1, 0.15) is 5.75 Å². The molecule has 1 saturated heterocycles. The standard InChI is InChI=1S/C29H34ClF3N2O3S/c1-38-20-7-8-24-21(17-20)27(23(30)18-34-24)25(37)9-10-28(19-36)11-14-35(15-12-28)13-4-16-39-26-6-3-2-5-22(26)29(31,32)33/h2-3,5-8,17-18,25,36-37H,4,9-16,19H2,1H3/t25-/m0/s1. The third-order valence-corrected chi connectivity index (χ3v) is 9.13. The average molecular weight is 583 g/mol. The molecule has 1 atom stereocenters. The largest absolute Gasteiger partial charge is 0.497 e. The third kappa shape index (κ3) is 7.38. The number of halogens is 4. The van der Waals surface area contributed by atoms with Crippen LogP contribution >= 0.6 is 23.4 Å². The highest BCUT2D eigenvalue weighted by Gasteiger charge is 2.35. The second-order valence-corrected chi connectivity index (χ2v) is 11.7. The van der Waals surface area contributed by atoms with E-state index in [0.717, 1.165) is 55.9 Å². The zero-order chi connectivity index (χ0) is 28.0. The summed E-state index contributed by atoms with van der Waals surface area (Å²) in [6.45, 7) is 2.44. The molecule has 0 saturated carbocycles. The maximum atomic E-state index is 13.2. The van der Waals surface area contributed by atoms with Crippen LogP contribution in [-0.4, -0.2) is 59.2 Å². The minimum Gasteiger partial charge on any atom is -0.497 e. The van der Waals surface area contributed by atoms with E-state index in [0.29, 0.717) is 34.9 Å². The first-order chi connectivity index (χ1) is 18.7. The lowest BCUT2D eigenvalue weighted by atomic mass is 9.74. The molecule has 10 heteroatoms. The lowest BCUT2D eigenvalue weighted by Gasteiger charge is -2.41. The van der Waals surface area contributed by atoms with Crippen molar-refractivity contribution >= 4 is 34.3 Å². The van der Waals surface area contributed by atoms with Crippen LogP contribution in [0.3, 0.4) is 0 Å². The molecule has 3 aromatic rings. The zero-order valence-corrected chi connectivity index (χ0v) is 23.5. The van der Waals surface area contributed by atoms with E-state index in [-0.39, 0.29) is 16.9 Å². The molecule has 0 aliphatic carbocycles. The summed E-state index contributed by atoms with van der Waals surface area (Å²) in [5.74, 6) is 1.26. The Balaban J connectivity index is 1.29. The minimum absolute atomic E-state index is 0.0380. The molecule has 1 fully saturated rings. The number of benzene rings is 2. The van der Waals surface area contributed by atoms with Crippen molar-refractivity contribution in [1.29, 1.82) is 0 Å². The SMILES string of the molecule is COc1ccc2ncc(Cl)c([C@@H](O)CCC3(CO)CCN(CCCSc4ccccc4C(F)(F)F)CC3)c2c1. The van der Waals surface area contributed by atoms with Crippen molar-refractivity contribution in [2.75, 3.05) is 39.1 Å². The molecule has 2 N–H and O–H groups in total. The molecule has 1 aliphatic rings. The molecule has 2 heterocycles. The quantitative estimate of drug-likeness (QED) is 0.188. The summed E-state index contributed by atoms with van der Waals surface area (Å²) in [6.07, 6.45) is -0.154. The molecule has 0 spiro atoms. The van der Waals surface area contributed by atoms with E-state index in [2.05, 4.69) is 9.88 Å². The van der Waals surface area contributed by atoms with Crippen LogP contribution in [0.5, 0.6) is 5.75 Å². The van der Waals surface area contributed by atoms with Crippen LogP contribution in [0, 0.1) is 5.41 Å². The Morgan fingerprint density at radius 3 is 2.62 bits per heavy atom. The first-order valence-corrected chi connectivity index (χ1v) is 14.4. The Hall–Kier alpha value is -2.04. The first kappa shape index (κ1) is 29.9. The predicted molar refractivity (Wildman–Crippen MR) is 149 cm³/mol. The van der Waals surface area contributed by atoms with E-state index in [1.54, 1.807) is 19.4 Å². The van der Waals surface area contributed by atoms with Gasteiger partial charge in [-0.05, 0) is 93.2 Å². The maximum absolute atomic E-state index is 13.2. The Morgan fingerprint density at radius 1 is 1.18 bits per heavy atom. The Bertz CT molecular complexity index is 1250. The Labute approximate surface area is 236 Å². The van der Waals surface area contributed by atoms with Crippen molar-refractivity contribution in [1.82, 2.24) is 9.88 Å². The molecule has 0 unspecified atom stereocenters. The van der Waals surface area contributed by atoms with Gasteiger partial charge in [-0.15, -0.1) is 11.8 Å². The number of alkyl halides is 3. The van der Waals surface area contributed by atoms with Crippen LogP contribution < -0.4 is 4.74 Å². The number of aromatic nitrogens is 1. The highest BCUT2D eigenvalue weighted by molar-refractivity contribution is 7.99. The van der Waals surface area contributed by atoms with Crippen LogP contribution in [0.1, 0.15) is 49.3 Å². The zero-order valence-electron chi connectivity index (χ0n) is 21.9. The number of aliphatic hydroxyl groups is 2. The molecular weight excluding hydrogens is 549 g/mol. The number of thioether (sulfide) groups is 1. The molecule has 5 nitrogen and oxygen atoms in total. The van der Waals surface area contributed by atoms with Crippen LogP contribution in [-0.2, 0) is 6.18 Å². The predicted octanol–water partition coefficient (Wildman–Crippen LogP) is 6.99. The summed E-state index contributed by atoms with van der Waals surface area (Å²) < 4.78 is 45.0. The lowest BCUT2D eigenvalue weighted by molar-refractivity contribution is -0.139. The van der Waals surface area contributed by atoms with Crippen LogP contribution in [0.25, 0.3) is 10.9 Å². The van der Waals surface area contributed by atoms with Gasteiger partial charge in [-0.2, -0.15) is 13.2 Å². The number of likely N-dealkylation sites (tertiary alicyclic amines) is 1. The third-order valence-electron chi connectivity index (χ3n) is 7.67. The summed E-state index contributed by atoms with van der Waals surface area (Å²) in [7, 11) is 1.58. The number of fused-ring (bicyclic) bond motifs is 1. The van der Waals surface area contributed by atoms with Gasteiger partial charge in [0, 0.05) is 28.6 Å². The monoisotopic (exact) mass is 582 g/mol. The van der Waals surface area contributed by atoms with E-state index < -0.39 is 17.8 Å². The van der Waals surface area contributed by atoms with Crippen molar-refractivity contribution < 1.29 is 28.1 Å². The van der Waals surface area contributed by atoms with Gasteiger partial charge in [-0.1, -0.05) is 23.7 Å². The number of hydrogen-bond donors (Lipinski definition) is 2. The second-order valence-electron chi connectivity index (χ2n) is 10.2. The van der Waals surface area contributed by atoms with E-state index in [4.69, 9.17) is 16.3 Å². The highest BCUT2D eigenvalue weighted by atomic mass is 35.5. The fraction of sp³-hybridized carbons (Fsp3) is 0.483. The summed E-state index contributed by atoms with van der Waals surface area (Å²) in [6, 6.07) is 11.2. The van der Waals surface area contributed by atoms with E-state index in [1.165, 1.54) is 23.9 Å². The summed E-state index contributed by atoms with van der Waals surface area (Å²) in [4.78, 5) is 6.93. The molecule has 212 valence electrons. The van der Waals surface area contributed by atoms with Gasteiger partial charge in [0.05, 0.1) is 29.3 Å². The highest BCUT2D eigenvalue weighted by Crippen LogP contribution is 2.41. The normalized spacial score (nSPS) is 16.9. The molecule has 0 radical (unpaired) electrons. The van der Waals surface area contributed by atoms with Crippen molar-refractivity contribution in [2.24, 2.45) is 5.41 Å². The minimum atomic E-state index is -4.35. The Kier molecular flexibility index (Phi) is 10.0. The van der Waals surface area contributed by atoms with Crippen molar-refractivity contribution in [3.05, 3.63) is 64.8 Å². The topological polar surface area (TPSA) is 65.8 Å². The number of rotatable bonds is 11. The van der Waals surface area contributed by atoms with Gasteiger partial charge in [0.15, 0.2) is 0 Å². The number of ether oxygens (including phenoxy) is 1. The maximum Gasteiger partial charge on any atom is 0.417 e. The molecule has 4 rings (SSSR count). The van der Waals surface area contributed by atoms with Gasteiger partial charge in [0.2, 0.25) is 0 Å². The molecule has 2 aromatic carbocycles. The molecule has 39 heavy (non-hydrogen) atoms. The summed E-state index contributed by atoms with van der Waals surface area (Å²) in [5, 5.41) is 22.6. The number of hydrogen-bond acceptors (Lipinski definition) is 6. The van der Waals surface area contributed by atoms with Crippen molar-refractivity contribution in [3.8, 4) is 5.75 Å². The van der Waals surface area contributed by atoms with Crippen LogP contribution in [0.4, 0.5) is 13.2 Å². The van der Waals surface area contributed by atoms with E-state index in [1.807, 2.05) is 18.2 Å². The van der Waals surface area contributed by atoms with Gasteiger partial charge < -0.3 is 19.8 Å². The van der Waals surface area contributed by atoms with Crippen molar-refractivity contribution in [3.63, 3.8) is 0 Å². The molecular formula is C29H34ClF3N2O3S. The van der Waals surface area contributed by atoms with E-state index >= 15 is 0 Å². The summed E-state index contributed by atoms with van der Waals surface area (Å²) >= 11 is 7.70. The number of pyridine rings is 1. The average Bonchev–Trinajstić information content (AvgIpc) is 2.94. The molecule has 0 amide bonds. The number of piperidine rings is 1. The lowest BCUT2D eigenvalue weighted by Crippen LogP contribution is -2.42. The first-order valence-electron chi connectivity index (χ1n) is 13.1.